The second-order valence-electron chi connectivity index (χ2n) is 3.87. The van der Waals surface area contributed by atoms with E-state index in [1.165, 1.54) is 12.1 Å². The van der Waals surface area contributed by atoms with Crippen LogP contribution in [0.15, 0.2) is 16.5 Å². The highest BCUT2D eigenvalue weighted by atomic mass is 16.7. The van der Waals surface area contributed by atoms with Crippen LogP contribution in [0.25, 0.3) is 0 Å². The molecule has 0 fully saturated rings. The summed E-state index contributed by atoms with van der Waals surface area (Å²) in [4.78, 5) is 12.0. The van der Waals surface area contributed by atoms with Crippen molar-refractivity contribution in [2.24, 2.45) is 0 Å². The van der Waals surface area contributed by atoms with Crippen LogP contribution >= 0.6 is 0 Å². The monoisotopic (exact) mass is 262 g/mol. The zero-order valence-electron chi connectivity index (χ0n) is 9.97. The van der Waals surface area contributed by atoms with Crippen molar-refractivity contribution in [3.8, 4) is 11.5 Å². The third kappa shape index (κ3) is 2.03. The SMILES string of the molecule is Cc1nnc(NC(=O)c2cc3c(cc2N)OCO3)o1. The van der Waals surface area contributed by atoms with E-state index in [2.05, 4.69) is 15.5 Å². The molecule has 1 aliphatic heterocycles. The van der Waals surface area contributed by atoms with Gasteiger partial charge in [-0.3, -0.25) is 10.1 Å². The predicted molar refractivity (Wildman–Crippen MR) is 64.0 cm³/mol. The fourth-order valence-electron chi connectivity index (χ4n) is 1.67. The molecule has 3 N–H and O–H groups in total. The van der Waals surface area contributed by atoms with Gasteiger partial charge >= 0.3 is 6.01 Å². The van der Waals surface area contributed by atoms with Crippen molar-refractivity contribution < 1.29 is 18.7 Å². The van der Waals surface area contributed by atoms with Gasteiger partial charge in [-0.2, -0.15) is 0 Å². The molecule has 98 valence electrons. The third-order valence-corrected chi connectivity index (χ3v) is 2.54. The molecule has 1 aromatic carbocycles. The van der Waals surface area contributed by atoms with Crippen molar-refractivity contribution in [1.82, 2.24) is 10.2 Å². The Morgan fingerprint density at radius 1 is 1.32 bits per heavy atom. The summed E-state index contributed by atoms with van der Waals surface area (Å²) in [5, 5.41) is 9.73. The molecule has 0 spiro atoms. The summed E-state index contributed by atoms with van der Waals surface area (Å²) in [7, 11) is 0. The number of hydrogen-bond acceptors (Lipinski definition) is 7. The third-order valence-electron chi connectivity index (χ3n) is 2.54. The molecule has 8 heteroatoms. The van der Waals surface area contributed by atoms with Gasteiger partial charge in [0.25, 0.3) is 5.91 Å². The van der Waals surface area contributed by atoms with E-state index in [0.29, 0.717) is 17.4 Å². The Hall–Kier alpha value is -2.77. The first kappa shape index (κ1) is 11.3. The molecule has 0 saturated carbocycles. The number of aryl methyl sites for hydroxylation is 1. The number of benzene rings is 1. The van der Waals surface area contributed by atoms with Crippen molar-refractivity contribution in [3.63, 3.8) is 0 Å². The molecule has 0 saturated heterocycles. The number of carbonyl (C=O) groups excluding carboxylic acids is 1. The number of anilines is 2. The van der Waals surface area contributed by atoms with Gasteiger partial charge in [-0.15, -0.1) is 5.10 Å². The molecule has 0 bridgehead atoms. The van der Waals surface area contributed by atoms with Gasteiger partial charge in [0.05, 0.1) is 5.56 Å². The molecule has 1 amide bonds. The lowest BCUT2D eigenvalue weighted by Crippen LogP contribution is -2.14. The molecule has 8 nitrogen and oxygen atoms in total. The van der Waals surface area contributed by atoms with Gasteiger partial charge in [0.1, 0.15) is 0 Å². The van der Waals surface area contributed by atoms with Crippen LogP contribution in [0.2, 0.25) is 0 Å². The first-order chi connectivity index (χ1) is 9.13. The van der Waals surface area contributed by atoms with Crippen molar-refractivity contribution in [1.29, 1.82) is 0 Å². The van der Waals surface area contributed by atoms with Crippen LogP contribution < -0.4 is 20.5 Å². The van der Waals surface area contributed by atoms with Gasteiger partial charge in [0, 0.05) is 18.7 Å². The fraction of sp³-hybridized carbons (Fsp3) is 0.182. The number of nitrogens with two attached hydrogens (primary N) is 1. The number of amides is 1. The molecule has 1 aromatic heterocycles. The average Bonchev–Trinajstić information content (AvgIpc) is 2.96. The zero-order valence-corrected chi connectivity index (χ0v) is 9.97. The maximum atomic E-state index is 12.0. The summed E-state index contributed by atoms with van der Waals surface area (Å²) >= 11 is 0. The summed E-state index contributed by atoms with van der Waals surface area (Å²) < 4.78 is 15.4. The number of hydrogen-bond donors (Lipinski definition) is 2. The molecule has 3 rings (SSSR count). The number of carbonyl (C=O) groups is 1. The number of fused-ring (bicyclic) bond motifs is 1. The topological polar surface area (TPSA) is 113 Å². The number of rotatable bonds is 2. The van der Waals surface area contributed by atoms with Crippen molar-refractivity contribution in [2.45, 2.75) is 6.92 Å². The van der Waals surface area contributed by atoms with Gasteiger partial charge in [0.15, 0.2) is 11.5 Å². The molecule has 2 heterocycles. The van der Waals surface area contributed by atoms with Crippen LogP contribution in [0.4, 0.5) is 11.7 Å². The first-order valence-electron chi connectivity index (χ1n) is 5.44. The summed E-state index contributed by atoms with van der Waals surface area (Å²) in [5.41, 5.74) is 6.32. The number of ether oxygens (including phenoxy) is 2. The Morgan fingerprint density at radius 3 is 2.74 bits per heavy atom. The Morgan fingerprint density at radius 2 is 2.05 bits per heavy atom. The molecule has 0 radical (unpaired) electrons. The second kappa shape index (κ2) is 4.16. The minimum atomic E-state index is -0.459. The summed E-state index contributed by atoms with van der Waals surface area (Å²) in [5.74, 6) is 0.886. The van der Waals surface area contributed by atoms with E-state index in [0.717, 1.165) is 0 Å². The van der Waals surface area contributed by atoms with Crippen LogP contribution in [-0.4, -0.2) is 22.9 Å². The highest BCUT2D eigenvalue weighted by Crippen LogP contribution is 2.36. The van der Waals surface area contributed by atoms with Crippen LogP contribution in [0.3, 0.4) is 0 Å². The highest BCUT2D eigenvalue weighted by Gasteiger charge is 2.20. The molecule has 19 heavy (non-hydrogen) atoms. The van der Waals surface area contributed by atoms with Crippen LogP contribution in [0.5, 0.6) is 11.5 Å². The minimum Gasteiger partial charge on any atom is -0.454 e. The maximum absolute atomic E-state index is 12.0. The Labute approximate surface area is 107 Å². The van der Waals surface area contributed by atoms with Gasteiger partial charge in [-0.25, -0.2) is 0 Å². The number of nitrogens with one attached hydrogen (secondary N) is 1. The van der Waals surface area contributed by atoms with Crippen LogP contribution in [0.1, 0.15) is 16.2 Å². The minimum absolute atomic E-state index is 0.0135. The predicted octanol–water partition coefficient (Wildman–Crippen LogP) is 0.941. The smallest absolute Gasteiger partial charge is 0.322 e. The Balaban J connectivity index is 1.87. The van der Waals surface area contributed by atoms with Gasteiger partial charge in [-0.05, 0) is 6.07 Å². The lowest BCUT2D eigenvalue weighted by atomic mass is 10.1. The molecule has 2 aromatic rings. The van der Waals surface area contributed by atoms with E-state index in [9.17, 15) is 4.79 Å². The Kier molecular flexibility index (Phi) is 2.48. The van der Waals surface area contributed by atoms with Gasteiger partial charge in [0.2, 0.25) is 12.7 Å². The maximum Gasteiger partial charge on any atom is 0.322 e. The van der Waals surface area contributed by atoms with E-state index < -0.39 is 5.91 Å². The van der Waals surface area contributed by atoms with Crippen molar-refractivity contribution in [2.75, 3.05) is 17.8 Å². The molecule has 1 aliphatic rings. The summed E-state index contributed by atoms with van der Waals surface area (Å²) in [6.45, 7) is 1.74. The van der Waals surface area contributed by atoms with E-state index in [1.807, 2.05) is 0 Å². The molecule has 0 aliphatic carbocycles. The van der Waals surface area contributed by atoms with Gasteiger partial charge in [-0.1, -0.05) is 5.10 Å². The second-order valence-corrected chi connectivity index (χ2v) is 3.87. The molecular weight excluding hydrogens is 252 g/mol. The van der Waals surface area contributed by atoms with Crippen molar-refractivity contribution in [3.05, 3.63) is 23.6 Å². The van der Waals surface area contributed by atoms with Crippen LogP contribution in [-0.2, 0) is 0 Å². The standard InChI is InChI=1S/C11H10N4O4/c1-5-14-15-11(19-5)13-10(16)6-2-8-9(3-7(6)12)18-4-17-8/h2-3H,4,12H2,1H3,(H,13,15,16). The number of nitrogen functional groups attached to an aromatic ring is 1. The largest absolute Gasteiger partial charge is 0.454 e. The van der Waals surface area contributed by atoms with E-state index in [1.54, 1.807) is 6.92 Å². The number of aromatic nitrogens is 2. The summed E-state index contributed by atoms with van der Waals surface area (Å²) in [6, 6.07) is 3.06. The average molecular weight is 262 g/mol. The molecule has 0 unspecified atom stereocenters. The molecular formula is C11H10N4O4. The highest BCUT2D eigenvalue weighted by molar-refractivity contribution is 6.07. The van der Waals surface area contributed by atoms with E-state index in [-0.39, 0.29) is 24.1 Å². The van der Waals surface area contributed by atoms with Crippen LogP contribution in [0, 0.1) is 6.92 Å². The zero-order chi connectivity index (χ0) is 13.4. The lowest BCUT2D eigenvalue weighted by molar-refractivity contribution is 0.102. The summed E-state index contributed by atoms with van der Waals surface area (Å²) in [6.07, 6.45) is 0. The number of nitrogens with zero attached hydrogens (tertiary/aromatic N) is 2. The first-order valence-corrected chi connectivity index (χ1v) is 5.44. The normalized spacial score (nSPS) is 12.5. The fourth-order valence-corrected chi connectivity index (χ4v) is 1.67. The molecule has 0 atom stereocenters. The lowest BCUT2D eigenvalue weighted by Gasteiger charge is -2.06. The van der Waals surface area contributed by atoms with E-state index in [4.69, 9.17) is 19.6 Å². The van der Waals surface area contributed by atoms with Gasteiger partial charge < -0.3 is 19.6 Å². The Bertz CT molecular complexity index is 652. The van der Waals surface area contributed by atoms with Crippen molar-refractivity contribution >= 4 is 17.6 Å². The van der Waals surface area contributed by atoms with E-state index >= 15 is 0 Å². The quantitative estimate of drug-likeness (QED) is 0.774.